The van der Waals surface area contributed by atoms with Gasteiger partial charge in [0, 0.05) is 54.5 Å². The van der Waals surface area contributed by atoms with Gasteiger partial charge in [-0.2, -0.15) is 5.10 Å². The van der Waals surface area contributed by atoms with E-state index in [0.717, 1.165) is 78.6 Å². The Bertz CT molecular complexity index is 1160. The zero-order valence-corrected chi connectivity index (χ0v) is 19.8. The van der Waals surface area contributed by atoms with Gasteiger partial charge >= 0.3 is 0 Å². The van der Waals surface area contributed by atoms with E-state index in [4.69, 9.17) is 4.74 Å². The highest BCUT2D eigenvalue weighted by molar-refractivity contribution is 5.97. The van der Waals surface area contributed by atoms with Crippen LogP contribution in [0.2, 0.25) is 0 Å². The fourth-order valence-corrected chi connectivity index (χ4v) is 5.51. The first-order chi connectivity index (χ1) is 15.9. The molecular weight excluding hydrogens is 416 g/mol. The van der Waals surface area contributed by atoms with Crippen molar-refractivity contribution in [1.29, 1.82) is 0 Å². The van der Waals surface area contributed by atoms with Crippen LogP contribution in [0, 0.1) is 11.3 Å². The number of benzene rings is 1. The van der Waals surface area contributed by atoms with Gasteiger partial charge in [-0.1, -0.05) is 13.0 Å². The van der Waals surface area contributed by atoms with Crippen LogP contribution in [0.1, 0.15) is 50.3 Å². The van der Waals surface area contributed by atoms with E-state index in [1.807, 2.05) is 13.1 Å². The van der Waals surface area contributed by atoms with Gasteiger partial charge in [0.25, 0.3) is 0 Å². The summed E-state index contributed by atoms with van der Waals surface area (Å²) in [7, 11) is 3.63. The molecule has 1 saturated carbocycles. The molecule has 2 aliphatic rings. The summed E-state index contributed by atoms with van der Waals surface area (Å²) in [5, 5.41) is 18.7. The van der Waals surface area contributed by atoms with Crippen LogP contribution in [0.3, 0.4) is 0 Å². The van der Waals surface area contributed by atoms with E-state index in [0.29, 0.717) is 6.10 Å². The molecule has 0 bridgehead atoms. The van der Waals surface area contributed by atoms with Crippen LogP contribution in [0.15, 0.2) is 24.3 Å². The first-order valence-corrected chi connectivity index (χ1v) is 12.0. The molecule has 1 aromatic carbocycles. The van der Waals surface area contributed by atoms with E-state index in [2.05, 4.69) is 40.3 Å². The standard InChI is InChI=1S/C26H34N4O3/c1-26(15-31)11-10-20-23(14-26)28-29-24(20)22-12-17-4-7-18(13-21(17)27-22)30(2)25(32)16-5-8-19(33-3)9-6-16/h4,7,12-13,16,19,27,31H,5-6,8-11,14-15H2,1-3H3,(H,28,29). The highest BCUT2D eigenvalue weighted by Gasteiger charge is 2.33. The maximum absolute atomic E-state index is 13.1. The largest absolute Gasteiger partial charge is 0.396 e. The third-order valence-electron chi connectivity index (χ3n) is 7.85. The van der Waals surface area contributed by atoms with Gasteiger partial charge < -0.3 is 19.7 Å². The zero-order valence-electron chi connectivity index (χ0n) is 19.8. The number of fused-ring (bicyclic) bond motifs is 2. The van der Waals surface area contributed by atoms with Crippen LogP contribution in [0.25, 0.3) is 22.3 Å². The van der Waals surface area contributed by atoms with Crippen molar-refractivity contribution in [2.45, 2.75) is 58.0 Å². The number of anilines is 1. The lowest BCUT2D eigenvalue weighted by Gasteiger charge is -2.31. The Morgan fingerprint density at radius 3 is 2.79 bits per heavy atom. The molecule has 33 heavy (non-hydrogen) atoms. The smallest absolute Gasteiger partial charge is 0.229 e. The number of nitrogens with zero attached hydrogens (tertiary/aromatic N) is 2. The summed E-state index contributed by atoms with van der Waals surface area (Å²) in [5.74, 6) is 0.250. The monoisotopic (exact) mass is 450 g/mol. The van der Waals surface area contributed by atoms with E-state index in [1.165, 1.54) is 5.56 Å². The SMILES string of the molecule is COC1CCC(C(=O)N(C)c2ccc3cc(-c4n[nH]c5c4CCC(C)(CO)C5)[nH]c3c2)CC1. The number of aromatic nitrogens is 3. The molecule has 2 heterocycles. The molecule has 1 atom stereocenters. The van der Waals surface area contributed by atoms with Crippen LogP contribution in [-0.4, -0.2) is 53.1 Å². The quantitative estimate of drug-likeness (QED) is 0.543. The number of rotatable bonds is 5. The molecule has 2 aliphatic carbocycles. The Balaban J connectivity index is 1.36. The van der Waals surface area contributed by atoms with E-state index < -0.39 is 0 Å². The number of amides is 1. The lowest BCUT2D eigenvalue weighted by atomic mass is 9.75. The molecule has 0 aliphatic heterocycles. The van der Waals surface area contributed by atoms with Crippen molar-refractivity contribution in [2.75, 3.05) is 25.7 Å². The van der Waals surface area contributed by atoms with Gasteiger partial charge in [-0.25, -0.2) is 0 Å². The molecule has 1 fully saturated rings. The maximum Gasteiger partial charge on any atom is 0.229 e. The van der Waals surface area contributed by atoms with E-state index in [-0.39, 0.29) is 23.8 Å². The molecule has 2 aromatic heterocycles. The van der Waals surface area contributed by atoms with E-state index >= 15 is 0 Å². The van der Waals surface area contributed by atoms with Gasteiger partial charge in [0.15, 0.2) is 0 Å². The highest BCUT2D eigenvalue weighted by atomic mass is 16.5. The predicted molar refractivity (Wildman–Crippen MR) is 129 cm³/mol. The third-order valence-corrected chi connectivity index (χ3v) is 7.85. The van der Waals surface area contributed by atoms with Crippen molar-refractivity contribution in [2.24, 2.45) is 11.3 Å². The Morgan fingerprint density at radius 1 is 1.27 bits per heavy atom. The van der Waals surface area contributed by atoms with Gasteiger partial charge in [0.05, 0.1) is 11.8 Å². The number of ether oxygens (including phenoxy) is 1. The summed E-state index contributed by atoms with van der Waals surface area (Å²) in [6.07, 6.45) is 6.63. The molecule has 0 spiro atoms. The van der Waals surface area contributed by atoms with Crippen LogP contribution in [-0.2, 0) is 22.4 Å². The first kappa shape index (κ1) is 22.2. The lowest BCUT2D eigenvalue weighted by Crippen LogP contribution is -2.36. The average Bonchev–Trinajstić information content (AvgIpc) is 3.46. The second-order valence-electron chi connectivity index (χ2n) is 10.2. The minimum Gasteiger partial charge on any atom is -0.396 e. The molecule has 176 valence electrons. The molecule has 1 unspecified atom stereocenters. The number of carbonyl (C=O) groups is 1. The van der Waals surface area contributed by atoms with E-state index in [1.54, 1.807) is 12.0 Å². The average molecular weight is 451 g/mol. The molecule has 0 saturated heterocycles. The van der Waals surface area contributed by atoms with Crippen LogP contribution in [0.5, 0.6) is 0 Å². The third kappa shape index (κ3) is 4.08. The summed E-state index contributed by atoms with van der Waals surface area (Å²) in [6, 6.07) is 8.27. The number of aromatic amines is 2. The molecule has 7 nitrogen and oxygen atoms in total. The van der Waals surface area contributed by atoms with Gasteiger partial charge in [-0.15, -0.1) is 0 Å². The Morgan fingerprint density at radius 2 is 2.06 bits per heavy atom. The molecular formula is C26H34N4O3. The number of aliphatic hydroxyl groups is 1. The van der Waals surface area contributed by atoms with Crippen molar-refractivity contribution >= 4 is 22.5 Å². The second kappa shape index (κ2) is 8.61. The topological polar surface area (TPSA) is 94.2 Å². The number of hydrogen-bond acceptors (Lipinski definition) is 4. The van der Waals surface area contributed by atoms with Crippen molar-refractivity contribution in [3.8, 4) is 11.4 Å². The number of nitrogens with one attached hydrogen (secondary N) is 2. The zero-order chi connectivity index (χ0) is 23.2. The maximum atomic E-state index is 13.1. The summed E-state index contributed by atoms with van der Waals surface area (Å²) in [4.78, 5) is 18.4. The molecule has 5 rings (SSSR count). The lowest BCUT2D eigenvalue weighted by molar-refractivity contribution is -0.123. The summed E-state index contributed by atoms with van der Waals surface area (Å²) in [5.41, 5.74) is 6.13. The van der Waals surface area contributed by atoms with Crippen LogP contribution >= 0.6 is 0 Å². The van der Waals surface area contributed by atoms with Gasteiger partial charge in [0.2, 0.25) is 5.91 Å². The minimum absolute atomic E-state index is 0.0662. The number of aliphatic hydroxyl groups excluding tert-OH is 1. The Hall–Kier alpha value is -2.64. The fourth-order valence-electron chi connectivity index (χ4n) is 5.51. The van der Waals surface area contributed by atoms with Crippen molar-refractivity contribution in [3.05, 3.63) is 35.5 Å². The normalized spacial score (nSPS) is 25.2. The van der Waals surface area contributed by atoms with Crippen molar-refractivity contribution < 1.29 is 14.6 Å². The fraction of sp³-hybridized carbons (Fsp3) is 0.538. The van der Waals surface area contributed by atoms with E-state index in [9.17, 15) is 9.90 Å². The summed E-state index contributed by atoms with van der Waals surface area (Å²) >= 11 is 0. The number of methoxy groups -OCH3 is 1. The van der Waals surface area contributed by atoms with Crippen molar-refractivity contribution in [3.63, 3.8) is 0 Å². The Labute approximate surface area is 194 Å². The molecule has 0 radical (unpaired) electrons. The summed E-state index contributed by atoms with van der Waals surface area (Å²) in [6.45, 7) is 2.32. The van der Waals surface area contributed by atoms with Gasteiger partial charge in [-0.3, -0.25) is 9.89 Å². The number of hydrogen-bond donors (Lipinski definition) is 3. The molecule has 3 aromatic rings. The number of H-pyrrole nitrogens is 2. The van der Waals surface area contributed by atoms with Crippen LogP contribution < -0.4 is 4.90 Å². The van der Waals surface area contributed by atoms with Gasteiger partial charge in [0.1, 0.15) is 5.69 Å². The Kier molecular flexibility index (Phi) is 5.79. The molecule has 3 N–H and O–H groups in total. The van der Waals surface area contributed by atoms with Gasteiger partial charge in [-0.05, 0) is 68.6 Å². The second-order valence-corrected chi connectivity index (χ2v) is 10.2. The molecule has 7 heteroatoms. The first-order valence-electron chi connectivity index (χ1n) is 12.0. The van der Waals surface area contributed by atoms with Crippen molar-refractivity contribution in [1.82, 2.24) is 15.2 Å². The summed E-state index contributed by atoms with van der Waals surface area (Å²) < 4.78 is 5.45. The highest BCUT2D eigenvalue weighted by Crippen LogP contribution is 2.38. The molecule has 1 amide bonds. The minimum atomic E-state index is -0.0773. The predicted octanol–water partition coefficient (Wildman–Crippen LogP) is 4.21. The number of carbonyl (C=O) groups excluding carboxylic acids is 1. The van der Waals surface area contributed by atoms with Crippen LogP contribution in [0.4, 0.5) is 5.69 Å².